The van der Waals surface area contributed by atoms with Crippen molar-refractivity contribution >= 4 is 17.4 Å². The van der Waals surface area contributed by atoms with E-state index in [1.54, 1.807) is 0 Å². The maximum absolute atomic E-state index is 5.91. The fraction of sp³-hybridized carbons (Fsp3) is 0.571. The molecule has 0 atom stereocenters. The number of hydrogen-bond acceptors (Lipinski definition) is 3. The first-order valence-electron chi connectivity index (χ1n) is 3.63. The molecule has 0 aromatic carbocycles. The van der Waals surface area contributed by atoms with Gasteiger partial charge in [-0.2, -0.15) is 9.89 Å². The van der Waals surface area contributed by atoms with Crippen LogP contribution in [0, 0.1) is 0 Å². The van der Waals surface area contributed by atoms with Crippen LogP contribution in [0.25, 0.3) is 0 Å². The number of anilines is 1. The Labute approximate surface area is 76.5 Å². The largest absolute Gasteiger partial charge is 0.381 e. The molecular weight excluding hydrogens is 176 g/mol. The molecule has 4 N–H and O–H groups in total. The summed E-state index contributed by atoms with van der Waals surface area (Å²) in [5.74, 6) is 5.74. The van der Waals surface area contributed by atoms with Crippen LogP contribution in [0.1, 0.15) is 26.5 Å². The molecule has 1 aromatic heterocycles. The van der Waals surface area contributed by atoms with Crippen LogP contribution < -0.4 is 11.6 Å². The van der Waals surface area contributed by atoms with Crippen molar-refractivity contribution in [2.75, 3.05) is 11.6 Å². The van der Waals surface area contributed by atoms with Crippen molar-refractivity contribution in [2.24, 2.45) is 0 Å². The fourth-order valence-corrected chi connectivity index (χ4v) is 1.31. The van der Waals surface area contributed by atoms with Gasteiger partial charge in [0.2, 0.25) is 0 Å². The third-order valence-electron chi connectivity index (χ3n) is 1.60. The van der Waals surface area contributed by atoms with Gasteiger partial charge in [-0.1, -0.05) is 32.4 Å². The molecule has 0 spiro atoms. The van der Waals surface area contributed by atoms with E-state index in [-0.39, 0.29) is 5.41 Å². The first-order valence-corrected chi connectivity index (χ1v) is 4.01. The molecule has 0 saturated carbocycles. The van der Waals surface area contributed by atoms with Crippen molar-refractivity contribution in [3.8, 4) is 0 Å². The molecule has 0 radical (unpaired) electrons. The van der Waals surface area contributed by atoms with Crippen molar-refractivity contribution in [1.29, 1.82) is 0 Å². The highest BCUT2D eigenvalue weighted by atomic mass is 35.5. The van der Waals surface area contributed by atoms with Crippen LogP contribution in [0.5, 0.6) is 0 Å². The highest BCUT2D eigenvalue weighted by Gasteiger charge is 2.23. The molecule has 5 heteroatoms. The van der Waals surface area contributed by atoms with Crippen molar-refractivity contribution in [3.05, 3.63) is 10.7 Å². The summed E-state index contributed by atoms with van der Waals surface area (Å²) in [4.78, 5) is 1.10. The lowest BCUT2D eigenvalue weighted by Gasteiger charge is -2.14. The van der Waals surface area contributed by atoms with Gasteiger partial charge in [-0.05, 0) is 0 Å². The lowest BCUT2D eigenvalue weighted by molar-refractivity contribution is 0.558. The van der Waals surface area contributed by atoms with Gasteiger partial charge < -0.3 is 11.6 Å². The maximum atomic E-state index is 5.91. The molecule has 0 saturated heterocycles. The highest BCUT2D eigenvalue weighted by Crippen LogP contribution is 2.31. The second-order valence-electron chi connectivity index (χ2n) is 3.74. The molecule has 0 aliphatic carbocycles. The number of nitrogens with zero attached hydrogens (tertiary/aromatic N) is 2. The number of hydrogen-bond donors (Lipinski definition) is 2. The van der Waals surface area contributed by atoms with Crippen molar-refractivity contribution in [2.45, 2.75) is 26.2 Å². The minimum Gasteiger partial charge on any atom is -0.381 e. The van der Waals surface area contributed by atoms with Crippen LogP contribution in [0.4, 0.5) is 5.82 Å². The molecule has 1 heterocycles. The van der Waals surface area contributed by atoms with E-state index in [1.165, 1.54) is 0 Å². The average molecular weight is 189 g/mol. The lowest BCUT2D eigenvalue weighted by atomic mass is 9.92. The van der Waals surface area contributed by atoms with E-state index in [0.717, 1.165) is 10.5 Å². The Hall–Kier alpha value is -0.900. The first kappa shape index (κ1) is 9.19. The number of halogens is 1. The summed E-state index contributed by atoms with van der Waals surface area (Å²) < 4.78 is 0. The quantitative estimate of drug-likeness (QED) is 0.600. The second kappa shape index (κ2) is 2.55. The Morgan fingerprint density at radius 2 is 1.92 bits per heavy atom. The highest BCUT2D eigenvalue weighted by molar-refractivity contribution is 6.33. The normalized spacial score (nSPS) is 12.0. The van der Waals surface area contributed by atoms with Crippen LogP contribution >= 0.6 is 11.6 Å². The van der Waals surface area contributed by atoms with Crippen LogP contribution in [0.15, 0.2) is 0 Å². The summed E-state index contributed by atoms with van der Waals surface area (Å²) in [5.41, 5.74) is 6.14. The van der Waals surface area contributed by atoms with E-state index in [2.05, 4.69) is 5.10 Å². The Morgan fingerprint density at radius 3 is 2.08 bits per heavy atom. The molecule has 0 bridgehead atoms. The number of aromatic nitrogens is 2. The Balaban J connectivity index is 3.28. The molecule has 1 rings (SSSR count). The van der Waals surface area contributed by atoms with Gasteiger partial charge in [-0.25, -0.2) is 0 Å². The summed E-state index contributed by atoms with van der Waals surface area (Å²) in [6.07, 6.45) is 0. The third kappa shape index (κ3) is 1.34. The lowest BCUT2D eigenvalue weighted by Crippen LogP contribution is -2.16. The van der Waals surface area contributed by atoms with Gasteiger partial charge >= 0.3 is 0 Å². The zero-order valence-electron chi connectivity index (χ0n) is 7.43. The molecule has 0 amide bonds. The van der Waals surface area contributed by atoms with Crippen molar-refractivity contribution in [3.63, 3.8) is 0 Å². The van der Waals surface area contributed by atoms with E-state index < -0.39 is 0 Å². The van der Waals surface area contributed by atoms with Gasteiger partial charge in [-0.15, -0.1) is 0 Å². The van der Waals surface area contributed by atoms with Gasteiger partial charge in [0.15, 0.2) is 5.82 Å². The molecule has 68 valence electrons. The van der Waals surface area contributed by atoms with Crippen molar-refractivity contribution in [1.82, 2.24) is 9.89 Å². The first-order chi connectivity index (χ1) is 5.34. The predicted molar refractivity (Wildman–Crippen MR) is 50.5 cm³/mol. The zero-order chi connectivity index (χ0) is 9.52. The summed E-state index contributed by atoms with van der Waals surface area (Å²) in [6.45, 7) is 6.00. The zero-order valence-corrected chi connectivity index (χ0v) is 8.18. The summed E-state index contributed by atoms with van der Waals surface area (Å²) in [7, 11) is 0. The third-order valence-corrected chi connectivity index (χ3v) is 1.97. The molecule has 0 aliphatic rings. The SMILES string of the molecule is CC(C)(C)c1nn(N)c(N)c1Cl. The van der Waals surface area contributed by atoms with Crippen LogP contribution in [0.3, 0.4) is 0 Å². The number of nitrogens with two attached hydrogens (primary N) is 2. The maximum Gasteiger partial charge on any atom is 0.163 e. The molecule has 12 heavy (non-hydrogen) atoms. The minimum absolute atomic E-state index is 0.129. The Bertz CT molecular complexity index is 297. The molecule has 4 nitrogen and oxygen atoms in total. The minimum atomic E-state index is -0.129. The fourth-order valence-electron chi connectivity index (χ4n) is 0.907. The average Bonchev–Trinajstić information content (AvgIpc) is 2.15. The summed E-state index contributed by atoms with van der Waals surface area (Å²) in [6, 6.07) is 0. The van der Waals surface area contributed by atoms with Gasteiger partial charge in [0.25, 0.3) is 0 Å². The Kier molecular flexibility index (Phi) is 1.96. The second-order valence-corrected chi connectivity index (χ2v) is 4.12. The summed E-state index contributed by atoms with van der Waals surface area (Å²) >= 11 is 5.91. The summed E-state index contributed by atoms with van der Waals surface area (Å²) in [5, 5.41) is 4.47. The van der Waals surface area contributed by atoms with E-state index >= 15 is 0 Å². The van der Waals surface area contributed by atoms with E-state index in [0.29, 0.717) is 10.8 Å². The van der Waals surface area contributed by atoms with E-state index in [4.69, 9.17) is 23.2 Å². The standard InChI is InChI=1S/C7H13ClN4/c1-7(2,3)5-4(8)6(9)12(10)11-5/h9-10H2,1-3H3. The van der Waals surface area contributed by atoms with Crippen LogP contribution in [0.2, 0.25) is 5.02 Å². The molecule has 0 unspecified atom stereocenters. The van der Waals surface area contributed by atoms with Crippen LogP contribution in [-0.4, -0.2) is 9.89 Å². The molecule has 1 aromatic rings. The van der Waals surface area contributed by atoms with Gasteiger partial charge in [0, 0.05) is 5.41 Å². The van der Waals surface area contributed by atoms with Gasteiger partial charge in [0.1, 0.15) is 5.02 Å². The monoisotopic (exact) mass is 188 g/mol. The van der Waals surface area contributed by atoms with Crippen molar-refractivity contribution < 1.29 is 0 Å². The smallest absolute Gasteiger partial charge is 0.163 e. The van der Waals surface area contributed by atoms with Crippen LogP contribution in [-0.2, 0) is 5.41 Å². The molecular formula is C7H13ClN4. The number of nitrogen functional groups attached to an aromatic ring is 2. The predicted octanol–water partition coefficient (Wildman–Crippen LogP) is 1.13. The number of rotatable bonds is 0. The Morgan fingerprint density at radius 1 is 1.42 bits per heavy atom. The van der Waals surface area contributed by atoms with Gasteiger partial charge in [-0.3, -0.25) is 0 Å². The topological polar surface area (TPSA) is 69.9 Å². The van der Waals surface area contributed by atoms with E-state index in [9.17, 15) is 0 Å². The molecule has 0 fully saturated rings. The van der Waals surface area contributed by atoms with E-state index in [1.807, 2.05) is 20.8 Å². The van der Waals surface area contributed by atoms with Gasteiger partial charge in [0.05, 0.1) is 5.69 Å². The molecule has 0 aliphatic heterocycles.